The first-order chi connectivity index (χ1) is 9.20. The summed E-state index contributed by atoms with van der Waals surface area (Å²) in [7, 11) is 0. The highest BCUT2D eigenvalue weighted by Crippen LogP contribution is 2.49. The molecule has 0 spiro atoms. The molecule has 102 valence electrons. The maximum atomic E-state index is 12.2. The SMILES string of the molecule is O=c1cc(Cl)nc(C2CC2)n1CC1CC2CCC1C2. The highest BCUT2D eigenvalue weighted by molar-refractivity contribution is 6.29. The molecule has 3 unspecified atom stereocenters. The van der Waals surface area contributed by atoms with Gasteiger partial charge in [0.1, 0.15) is 11.0 Å². The van der Waals surface area contributed by atoms with Gasteiger partial charge in [-0.2, -0.15) is 0 Å². The number of halogens is 1. The van der Waals surface area contributed by atoms with Crippen LogP contribution in [0.2, 0.25) is 5.15 Å². The monoisotopic (exact) mass is 278 g/mol. The second-order valence-electron chi connectivity index (χ2n) is 6.60. The Morgan fingerprint density at radius 3 is 2.74 bits per heavy atom. The molecule has 3 nitrogen and oxygen atoms in total. The number of aromatic nitrogens is 2. The lowest BCUT2D eigenvalue weighted by Gasteiger charge is -2.23. The van der Waals surface area contributed by atoms with Crippen molar-refractivity contribution in [1.29, 1.82) is 0 Å². The Hall–Kier alpha value is -0.830. The minimum absolute atomic E-state index is 0.0460. The first-order valence-electron chi connectivity index (χ1n) is 7.48. The first-order valence-corrected chi connectivity index (χ1v) is 7.86. The van der Waals surface area contributed by atoms with E-state index >= 15 is 0 Å². The second-order valence-corrected chi connectivity index (χ2v) is 6.98. The van der Waals surface area contributed by atoms with Crippen LogP contribution in [0.15, 0.2) is 10.9 Å². The predicted molar refractivity (Wildman–Crippen MR) is 74.4 cm³/mol. The number of fused-ring (bicyclic) bond motifs is 2. The lowest BCUT2D eigenvalue weighted by Crippen LogP contribution is -2.29. The molecule has 3 aliphatic rings. The third-order valence-electron chi connectivity index (χ3n) is 5.25. The van der Waals surface area contributed by atoms with Gasteiger partial charge in [-0.15, -0.1) is 0 Å². The fraction of sp³-hybridized carbons (Fsp3) is 0.733. The maximum absolute atomic E-state index is 12.2. The molecule has 0 radical (unpaired) electrons. The van der Waals surface area contributed by atoms with E-state index in [-0.39, 0.29) is 5.56 Å². The molecule has 0 saturated heterocycles. The van der Waals surface area contributed by atoms with Crippen LogP contribution in [-0.4, -0.2) is 9.55 Å². The van der Waals surface area contributed by atoms with Crippen molar-refractivity contribution in [2.24, 2.45) is 17.8 Å². The highest BCUT2D eigenvalue weighted by atomic mass is 35.5. The third-order valence-corrected chi connectivity index (χ3v) is 5.44. The Balaban J connectivity index is 1.65. The predicted octanol–water partition coefficient (Wildman–Crippen LogP) is 3.21. The summed E-state index contributed by atoms with van der Waals surface area (Å²) in [6, 6.07) is 1.47. The lowest BCUT2D eigenvalue weighted by molar-refractivity contribution is 0.288. The molecule has 4 heteroatoms. The summed E-state index contributed by atoms with van der Waals surface area (Å²) in [6.45, 7) is 0.871. The van der Waals surface area contributed by atoms with Crippen LogP contribution in [0.3, 0.4) is 0 Å². The summed E-state index contributed by atoms with van der Waals surface area (Å²) < 4.78 is 1.93. The van der Waals surface area contributed by atoms with E-state index in [0.717, 1.165) is 37.0 Å². The average molecular weight is 279 g/mol. The smallest absolute Gasteiger partial charge is 0.254 e. The molecule has 2 bridgehead atoms. The quantitative estimate of drug-likeness (QED) is 0.796. The molecule has 1 heterocycles. The zero-order valence-electron chi connectivity index (χ0n) is 11.0. The number of rotatable bonds is 3. The van der Waals surface area contributed by atoms with E-state index in [1.54, 1.807) is 0 Å². The van der Waals surface area contributed by atoms with Crippen molar-refractivity contribution in [2.45, 2.75) is 51.0 Å². The molecule has 0 aliphatic heterocycles. The molecule has 19 heavy (non-hydrogen) atoms. The number of hydrogen-bond acceptors (Lipinski definition) is 2. The van der Waals surface area contributed by atoms with Gasteiger partial charge in [0.25, 0.3) is 5.56 Å². The fourth-order valence-electron chi connectivity index (χ4n) is 4.17. The van der Waals surface area contributed by atoms with Gasteiger partial charge in [-0.3, -0.25) is 9.36 Å². The van der Waals surface area contributed by atoms with Gasteiger partial charge in [-0.1, -0.05) is 18.0 Å². The Labute approximate surface area is 118 Å². The molecular formula is C15H19ClN2O. The Kier molecular flexibility index (Phi) is 2.73. The summed E-state index contributed by atoms with van der Waals surface area (Å²) in [6.07, 6.45) is 7.78. The van der Waals surface area contributed by atoms with E-state index in [1.165, 1.54) is 31.7 Å². The molecule has 0 amide bonds. The normalized spacial score (nSPS) is 33.0. The summed E-state index contributed by atoms with van der Waals surface area (Å²) in [5, 5.41) is 0.357. The third kappa shape index (κ3) is 2.12. The van der Waals surface area contributed by atoms with Crippen molar-refractivity contribution in [2.75, 3.05) is 0 Å². The van der Waals surface area contributed by atoms with Crippen LogP contribution in [0.5, 0.6) is 0 Å². The van der Waals surface area contributed by atoms with E-state index < -0.39 is 0 Å². The summed E-state index contributed by atoms with van der Waals surface area (Å²) >= 11 is 5.95. The number of nitrogens with zero attached hydrogens (tertiary/aromatic N) is 2. The molecule has 0 N–H and O–H groups in total. The average Bonchev–Trinajstić information content (AvgIpc) is 3.01. The van der Waals surface area contributed by atoms with E-state index in [4.69, 9.17) is 11.6 Å². The zero-order chi connectivity index (χ0) is 13.0. The van der Waals surface area contributed by atoms with Crippen molar-refractivity contribution >= 4 is 11.6 Å². The van der Waals surface area contributed by atoms with Crippen molar-refractivity contribution in [3.8, 4) is 0 Å². The summed E-state index contributed by atoms with van der Waals surface area (Å²) in [5.74, 6) is 3.89. The Morgan fingerprint density at radius 2 is 2.11 bits per heavy atom. The molecule has 0 aromatic carbocycles. The van der Waals surface area contributed by atoms with Gasteiger partial charge in [0.2, 0.25) is 0 Å². The summed E-state index contributed by atoms with van der Waals surface area (Å²) in [4.78, 5) is 16.7. The highest BCUT2D eigenvalue weighted by Gasteiger charge is 2.40. The van der Waals surface area contributed by atoms with Crippen LogP contribution in [0.1, 0.15) is 50.3 Å². The van der Waals surface area contributed by atoms with E-state index in [1.807, 2.05) is 4.57 Å². The first kappa shape index (κ1) is 12.0. The van der Waals surface area contributed by atoms with Gasteiger partial charge < -0.3 is 0 Å². The van der Waals surface area contributed by atoms with Crippen LogP contribution < -0.4 is 5.56 Å². The van der Waals surface area contributed by atoms with E-state index in [2.05, 4.69) is 4.98 Å². The minimum atomic E-state index is 0.0460. The van der Waals surface area contributed by atoms with Gasteiger partial charge >= 0.3 is 0 Å². The zero-order valence-corrected chi connectivity index (χ0v) is 11.8. The van der Waals surface area contributed by atoms with Crippen molar-refractivity contribution in [3.05, 3.63) is 27.4 Å². The minimum Gasteiger partial charge on any atom is -0.296 e. The molecule has 1 aromatic rings. The van der Waals surface area contributed by atoms with Gasteiger partial charge in [0.15, 0.2) is 0 Å². The Morgan fingerprint density at radius 1 is 1.26 bits per heavy atom. The van der Waals surface area contributed by atoms with Gasteiger partial charge in [-0.25, -0.2) is 4.98 Å². The Bertz CT molecular complexity index is 564. The molecular weight excluding hydrogens is 260 g/mol. The van der Waals surface area contributed by atoms with Crippen molar-refractivity contribution < 1.29 is 0 Å². The number of hydrogen-bond donors (Lipinski definition) is 0. The largest absolute Gasteiger partial charge is 0.296 e. The van der Waals surface area contributed by atoms with Crippen LogP contribution >= 0.6 is 11.6 Å². The maximum Gasteiger partial charge on any atom is 0.254 e. The van der Waals surface area contributed by atoms with Gasteiger partial charge in [-0.05, 0) is 49.9 Å². The van der Waals surface area contributed by atoms with E-state index in [0.29, 0.717) is 17.0 Å². The van der Waals surface area contributed by atoms with E-state index in [9.17, 15) is 4.79 Å². The summed E-state index contributed by atoms with van der Waals surface area (Å²) in [5.41, 5.74) is 0.0460. The van der Waals surface area contributed by atoms with Crippen LogP contribution in [0.25, 0.3) is 0 Å². The topological polar surface area (TPSA) is 34.9 Å². The van der Waals surface area contributed by atoms with Crippen molar-refractivity contribution in [1.82, 2.24) is 9.55 Å². The van der Waals surface area contributed by atoms with Gasteiger partial charge in [0.05, 0.1) is 0 Å². The second kappa shape index (κ2) is 4.34. The molecule has 1 aromatic heterocycles. The van der Waals surface area contributed by atoms with Crippen molar-refractivity contribution in [3.63, 3.8) is 0 Å². The van der Waals surface area contributed by atoms with Gasteiger partial charge in [0, 0.05) is 18.5 Å². The molecule has 3 atom stereocenters. The standard InChI is InChI=1S/C15H19ClN2O/c16-13-7-14(19)18(15(17-13)10-3-4-10)8-12-6-9-1-2-11(12)5-9/h7,9-12H,1-6,8H2. The molecule has 3 saturated carbocycles. The molecule has 4 rings (SSSR count). The fourth-order valence-corrected chi connectivity index (χ4v) is 4.35. The van der Waals surface area contributed by atoms with Crippen LogP contribution in [-0.2, 0) is 6.54 Å². The molecule has 3 fully saturated rings. The molecule has 3 aliphatic carbocycles. The van der Waals surface area contributed by atoms with Crippen LogP contribution in [0, 0.1) is 17.8 Å². The van der Waals surface area contributed by atoms with Crippen LogP contribution in [0.4, 0.5) is 0 Å². The lowest BCUT2D eigenvalue weighted by atomic mass is 9.89.